The van der Waals surface area contributed by atoms with Crippen molar-refractivity contribution in [2.75, 3.05) is 11.1 Å². The Bertz CT molecular complexity index is 852. The van der Waals surface area contributed by atoms with Crippen LogP contribution in [-0.2, 0) is 0 Å². The Balaban J connectivity index is 1.99. The number of nitrogens with two attached hydrogens (primary N) is 1. The maximum Gasteiger partial charge on any atom is 0.232 e. The number of anilines is 3. The Labute approximate surface area is 137 Å². The molecule has 0 radical (unpaired) electrons. The quantitative estimate of drug-likeness (QED) is 0.760. The van der Waals surface area contributed by atoms with Gasteiger partial charge >= 0.3 is 0 Å². The number of hydrogen-bond donors (Lipinski definition) is 2. The van der Waals surface area contributed by atoms with Gasteiger partial charge in [0.25, 0.3) is 0 Å². The van der Waals surface area contributed by atoms with Gasteiger partial charge < -0.3 is 11.1 Å². The summed E-state index contributed by atoms with van der Waals surface area (Å²) in [6.07, 6.45) is 0. The van der Waals surface area contributed by atoms with Crippen LogP contribution in [0.25, 0.3) is 11.4 Å². The number of rotatable bonds is 3. The molecule has 0 aliphatic heterocycles. The van der Waals surface area contributed by atoms with Crippen molar-refractivity contribution in [2.45, 2.75) is 6.92 Å². The van der Waals surface area contributed by atoms with Crippen molar-refractivity contribution < 1.29 is 4.39 Å². The fourth-order valence-electron chi connectivity index (χ4n) is 2.00. The summed E-state index contributed by atoms with van der Waals surface area (Å²) < 4.78 is 14.0. The molecule has 0 fully saturated rings. The lowest BCUT2D eigenvalue weighted by Crippen LogP contribution is -2.05. The van der Waals surface area contributed by atoms with Gasteiger partial charge in [-0.2, -0.15) is 15.0 Å². The normalized spacial score (nSPS) is 10.6. The highest BCUT2D eigenvalue weighted by molar-refractivity contribution is 6.30. The lowest BCUT2D eigenvalue weighted by atomic mass is 10.2. The second-order valence-electron chi connectivity index (χ2n) is 4.96. The largest absolute Gasteiger partial charge is 0.368 e. The van der Waals surface area contributed by atoms with E-state index in [1.54, 1.807) is 0 Å². The number of aromatic nitrogens is 3. The monoisotopic (exact) mass is 329 g/mol. The van der Waals surface area contributed by atoms with Gasteiger partial charge in [0.15, 0.2) is 5.82 Å². The number of aryl methyl sites for hydroxylation is 1. The van der Waals surface area contributed by atoms with Crippen molar-refractivity contribution in [2.24, 2.45) is 0 Å². The molecule has 116 valence electrons. The van der Waals surface area contributed by atoms with Crippen molar-refractivity contribution in [1.82, 2.24) is 15.0 Å². The highest BCUT2D eigenvalue weighted by Crippen LogP contribution is 2.25. The molecule has 0 saturated carbocycles. The van der Waals surface area contributed by atoms with E-state index in [0.717, 1.165) is 11.3 Å². The van der Waals surface area contributed by atoms with Crippen molar-refractivity contribution in [3.8, 4) is 11.4 Å². The van der Waals surface area contributed by atoms with E-state index in [2.05, 4.69) is 20.3 Å². The Kier molecular flexibility index (Phi) is 4.08. The molecule has 0 atom stereocenters. The summed E-state index contributed by atoms with van der Waals surface area (Å²) in [5.74, 6) is -0.145. The average molecular weight is 330 g/mol. The van der Waals surface area contributed by atoms with E-state index >= 15 is 0 Å². The summed E-state index contributed by atoms with van der Waals surface area (Å²) in [6.45, 7) is 1.99. The van der Waals surface area contributed by atoms with Crippen LogP contribution >= 0.6 is 11.6 Å². The van der Waals surface area contributed by atoms with Gasteiger partial charge in [0.05, 0.1) is 5.56 Å². The minimum atomic E-state index is -0.485. The number of nitrogen functional groups attached to an aromatic ring is 1. The molecule has 0 amide bonds. The van der Waals surface area contributed by atoms with Crippen LogP contribution in [0.15, 0.2) is 42.5 Å². The van der Waals surface area contributed by atoms with E-state index in [1.807, 2.05) is 31.2 Å². The first-order valence-electron chi connectivity index (χ1n) is 6.82. The van der Waals surface area contributed by atoms with Gasteiger partial charge in [-0.15, -0.1) is 0 Å². The number of benzene rings is 2. The fraction of sp³-hybridized carbons (Fsp3) is 0.0625. The molecule has 3 aromatic rings. The van der Waals surface area contributed by atoms with Crippen LogP contribution in [0.2, 0.25) is 5.02 Å². The van der Waals surface area contributed by atoms with Crippen molar-refractivity contribution in [3.63, 3.8) is 0 Å². The molecule has 0 saturated heterocycles. The molecule has 0 aliphatic rings. The van der Waals surface area contributed by atoms with Crippen LogP contribution in [0.1, 0.15) is 5.56 Å². The van der Waals surface area contributed by atoms with Gasteiger partial charge in [-0.1, -0.05) is 29.3 Å². The molecule has 0 bridgehead atoms. The highest BCUT2D eigenvalue weighted by atomic mass is 35.5. The summed E-state index contributed by atoms with van der Waals surface area (Å²) in [6, 6.07) is 11.8. The van der Waals surface area contributed by atoms with Gasteiger partial charge in [-0.05, 0) is 37.3 Å². The first kappa shape index (κ1) is 15.2. The van der Waals surface area contributed by atoms with Gasteiger partial charge in [0.1, 0.15) is 5.82 Å². The van der Waals surface area contributed by atoms with Crippen LogP contribution in [0.5, 0.6) is 0 Å². The molecule has 0 unspecified atom stereocenters. The lowest BCUT2D eigenvalue weighted by molar-refractivity contribution is 0.630. The summed E-state index contributed by atoms with van der Waals surface area (Å²) in [5.41, 5.74) is 7.79. The number of hydrogen-bond acceptors (Lipinski definition) is 5. The molecule has 2 aromatic carbocycles. The van der Waals surface area contributed by atoms with E-state index in [1.165, 1.54) is 18.2 Å². The molecule has 3 rings (SSSR count). The van der Waals surface area contributed by atoms with Crippen molar-refractivity contribution in [3.05, 3.63) is 58.9 Å². The standard InChI is InChI=1S/C16H13ClFN5/c1-9-2-5-11(6-3-9)20-16-22-14(21-15(19)23-16)12-8-10(17)4-7-13(12)18/h2-8H,1H3,(H3,19,20,21,22,23). The first-order valence-corrected chi connectivity index (χ1v) is 7.20. The maximum atomic E-state index is 14.0. The van der Waals surface area contributed by atoms with E-state index in [9.17, 15) is 4.39 Å². The zero-order valence-electron chi connectivity index (χ0n) is 12.2. The third kappa shape index (κ3) is 3.54. The number of nitrogens with one attached hydrogen (secondary N) is 1. The zero-order valence-corrected chi connectivity index (χ0v) is 13.0. The van der Waals surface area contributed by atoms with Crippen LogP contribution < -0.4 is 11.1 Å². The molecule has 0 spiro atoms. The van der Waals surface area contributed by atoms with Crippen LogP contribution in [0.4, 0.5) is 22.0 Å². The second kappa shape index (κ2) is 6.18. The Morgan fingerprint density at radius 2 is 1.78 bits per heavy atom. The molecule has 5 nitrogen and oxygen atoms in total. The van der Waals surface area contributed by atoms with Gasteiger partial charge in [-0.3, -0.25) is 0 Å². The van der Waals surface area contributed by atoms with E-state index in [4.69, 9.17) is 17.3 Å². The molecule has 7 heteroatoms. The summed E-state index contributed by atoms with van der Waals surface area (Å²) in [5, 5.41) is 3.40. The molecule has 1 aromatic heterocycles. The van der Waals surface area contributed by atoms with Crippen LogP contribution in [-0.4, -0.2) is 15.0 Å². The summed E-state index contributed by atoms with van der Waals surface area (Å²) in [7, 11) is 0. The molecular weight excluding hydrogens is 317 g/mol. The van der Waals surface area contributed by atoms with Gasteiger partial charge in [0, 0.05) is 10.7 Å². The van der Waals surface area contributed by atoms with Crippen molar-refractivity contribution in [1.29, 1.82) is 0 Å². The molecule has 3 N–H and O–H groups in total. The minimum Gasteiger partial charge on any atom is -0.368 e. The van der Waals surface area contributed by atoms with Crippen molar-refractivity contribution >= 4 is 29.2 Å². The predicted molar refractivity (Wildman–Crippen MR) is 89.1 cm³/mol. The Morgan fingerprint density at radius 1 is 1.04 bits per heavy atom. The molecular formula is C16H13ClFN5. The van der Waals surface area contributed by atoms with Gasteiger partial charge in [0.2, 0.25) is 11.9 Å². The van der Waals surface area contributed by atoms with E-state index in [-0.39, 0.29) is 23.3 Å². The smallest absolute Gasteiger partial charge is 0.232 e. The fourth-order valence-corrected chi connectivity index (χ4v) is 2.18. The molecule has 23 heavy (non-hydrogen) atoms. The van der Waals surface area contributed by atoms with Crippen LogP contribution in [0.3, 0.4) is 0 Å². The number of halogens is 2. The maximum absolute atomic E-state index is 14.0. The second-order valence-corrected chi connectivity index (χ2v) is 5.39. The minimum absolute atomic E-state index is 0.0102. The highest BCUT2D eigenvalue weighted by Gasteiger charge is 2.12. The third-order valence-corrected chi connectivity index (χ3v) is 3.36. The number of nitrogens with zero attached hydrogens (tertiary/aromatic N) is 3. The van der Waals surface area contributed by atoms with E-state index in [0.29, 0.717) is 5.02 Å². The zero-order chi connectivity index (χ0) is 16.4. The van der Waals surface area contributed by atoms with Gasteiger partial charge in [-0.25, -0.2) is 4.39 Å². The first-order chi connectivity index (χ1) is 11.0. The van der Waals surface area contributed by atoms with Crippen LogP contribution in [0, 0.1) is 12.7 Å². The third-order valence-electron chi connectivity index (χ3n) is 3.13. The topological polar surface area (TPSA) is 76.7 Å². The average Bonchev–Trinajstić information content (AvgIpc) is 2.51. The Morgan fingerprint density at radius 3 is 2.52 bits per heavy atom. The summed E-state index contributed by atoms with van der Waals surface area (Å²) >= 11 is 5.91. The predicted octanol–water partition coefficient (Wildman–Crippen LogP) is 3.97. The summed E-state index contributed by atoms with van der Waals surface area (Å²) in [4.78, 5) is 12.2. The molecule has 0 aliphatic carbocycles. The molecule has 1 heterocycles. The van der Waals surface area contributed by atoms with E-state index < -0.39 is 5.82 Å². The Hall–Kier alpha value is -2.73. The lowest BCUT2D eigenvalue weighted by Gasteiger charge is -2.08. The SMILES string of the molecule is Cc1ccc(Nc2nc(N)nc(-c3cc(Cl)ccc3F)n2)cc1.